The number of carbonyl (C=O) groups excluding carboxylic acids is 1. The van der Waals surface area contributed by atoms with Gasteiger partial charge >= 0.3 is 5.97 Å². The second-order valence-corrected chi connectivity index (χ2v) is 5.16. The quantitative estimate of drug-likeness (QED) is 0.777. The van der Waals surface area contributed by atoms with Crippen LogP contribution >= 0.6 is 0 Å². The first kappa shape index (κ1) is 14.9. The molecule has 1 aromatic heterocycles. The fraction of sp³-hybridized carbons (Fsp3) is 0.769. The maximum absolute atomic E-state index is 12.0. The molecule has 1 aromatic rings. The van der Waals surface area contributed by atoms with Gasteiger partial charge in [0.1, 0.15) is 18.2 Å². The Hall–Kier alpha value is -1.47. The zero-order valence-electron chi connectivity index (χ0n) is 12.4. The molecule has 1 aliphatic heterocycles. The van der Waals surface area contributed by atoms with Gasteiger partial charge in [0.25, 0.3) is 0 Å². The Kier molecular flexibility index (Phi) is 5.08. The monoisotopic (exact) mass is 281 g/mol. The predicted octanol–water partition coefficient (Wildman–Crippen LogP) is 0.196. The van der Waals surface area contributed by atoms with Crippen molar-refractivity contribution in [1.82, 2.24) is 25.0 Å². The summed E-state index contributed by atoms with van der Waals surface area (Å²) < 4.78 is 7.04. The van der Waals surface area contributed by atoms with E-state index in [4.69, 9.17) is 4.74 Å². The first-order valence-electron chi connectivity index (χ1n) is 7.13. The lowest BCUT2D eigenvalue weighted by atomic mass is 10.2. The van der Waals surface area contributed by atoms with Crippen LogP contribution in [0.5, 0.6) is 0 Å². The Bertz CT molecular complexity index is 446. The highest BCUT2D eigenvalue weighted by atomic mass is 16.5. The molecular formula is C13H23N5O2. The van der Waals surface area contributed by atoms with Gasteiger partial charge in [-0.1, -0.05) is 0 Å². The summed E-state index contributed by atoms with van der Waals surface area (Å²) in [5, 5.41) is 7.47. The summed E-state index contributed by atoms with van der Waals surface area (Å²) in [6.07, 6.45) is 1.57. The molecule has 0 saturated carbocycles. The smallest absolute Gasteiger partial charge is 0.324 e. The summed E-state index contributed by atoms with van der Waals surface area (Å²) in [6, 6.07) is 0.0115. The Morgan fingerprint density at radius 3 is 3.10 bits per heavy atom. The minimum atomic E-state index is -0.249. The second kappa shape index (κ2) is 6.81. The third kappa shape index (κ3) is 3.34. The van der Waals surface area contributed by atoms with Crippen LogP contribution in [0.25, 0.3) is 0 Å². The highest BCUT2D eigenvalue weighted by molar-refractivity contribution is 5.76. The molecule has 2 heterocycles. The third-order valence-corrected chi connectivity index (χ3v) is 3.39. The number of hydrogen-bond donors (Lipinski definition) is 1. The van der Waals surface area contributed by atoms with Crippen LogP contribution in [-0.4, -0.2) is 57.9 Å². The molecule has 0 aromatic carbocycles. The summed E-state index contributed by atoms with van der Waals surface area (Å²) in [6.45, 7) is 9.27. The van der Waals surface area contributed by atoms with E-state index in [0.29, 0.717) is 19.7 Å². The molecule has 2 rings (SSSR count). The molecule has 7 nitrogen and oxygen atoms in total. The van der Waals surface area contributed by atoms with E-state index in [2.05, 4.69) is 34.1 Å². The molecule has 0 aliphatic carbocycles. The fourth-order valence-electron chi connectivity index (χ4n) is 2.41. The molecule has 1 unspecified atom stereocenters. The number of rotatable bonds is 5. The largest absolute Gasteiger partial charge is 0.465 e. The van der Waals surface area contributed by atoms with Gasteiger partial charge in [-0.3, -0.25) is 9.69 Å². The van der Waals surface area contributed by atoms with Crippen molar-refractivity contribution >= 4 is 5.97 Å². The van der Waals surface area contributed by atoms with Crippen molar-refractivity contribution in [1.29, 1.82) is 0 Å². The summed E-state index contributed by atoms with van der Waals surface area (Å²) in [5.41, 5.74) is 0. The summed E-state index contributed by atoms with van der Waals surface area (Å²) >= 11 is 0. The highest BCUT2D eigenvalue weighted by Crippen LogP contribution is 2.12. The minimum Gasteiger partial charge on any atom is -0.465 e. The van der Waals surface area contributed by atoms with E-state index in [1.54, 1.807) is 6.33 Å². The minimum absolute atomic E-state index is 0.171. The molecule has 0 radical (unpaired) electrons. The predicted molar refractivity (Wildman–Crippen MR) is 74.1 cm³/mol. The summed E-state index contributed by atoms with van der Waals surface area (Å²) in [4.78, 5) is 18.4. The van der Waals surface area contributed by atoms with Crippen LogP contribution in [-0.2, 0) is 16.1 Å². The number of esters is 1. The standard InChI is InChI=1S/C13H23N5O2/c1-4-20-13(19)11-7-14-5-6-17(11)8-12-15-9-16-18(12)10(2)3/h9-11,14H,4-8H2,1-3H3. The van der Waals surface area contributed by atoms with Crippen LogP contribution in [0, 0.1) is 0 Å². The number of nitrogens with one attached hydrogen (secondary N) is 1. The second-order valence-electron chi connectivity index (χ2n) is 5.16. The van der Waals surface area contributed by atoms with Gasteiger partial charge in [-0.15, -0.1) is 0 Å². The molecule has 1 N–H and O–H groups in total. The Balaban J connectivity index is 2.08. The average Bonchev–Trinajstić information content (AvgIpc) is 2.88. The van der Waals surface area contributed by atoms with Crippen LogP contribution in [0.15, 0.2) is 6.33 Å². The number of piperazine rings is 1. The van der Waals surface area contributed by atoms with E-state index in [9.17, 15) is 4.79 Å². The van der Waals surface area contributed by atoms with Crippen molar-refractivity contribution in [3.8, 4) is 0 Å². The molecule has 0 amide bonds. The van der Waals surface area contributed by atoms with Crippen molar-refractivity contribution in [3.63, 3.8) is 0 Å². The Labute approximate surface area is 119 Å². The molecule has 7 heteroatoms. The van der Waals surface area contributed by atoms with E-state index >= 15 is 0 Å². The van der Waals surface area contributed by atoms with E-state index in [1.807, 2.05) is 11.6 Å². The van der Waals surface area contributed by atoms with Crippen LogP contribution in [0.2, 0.25) is 0 Å². The van der Waals surface area contributed by atoms with E-state index in [0.717, 1.165) is 18.9 Å². The first-order chi connectivity index (χ1) is 9.63. The number of ether oxygens (including phenoxy) is 1. The lowest BCUT2D eigenvalue weighted by Crippen LogP contribution is -2.55. The molecular weight excluding hydrogens is 258 g/mol. The van der Waals surface area contributed by atoms with Gasteiger partial charge in [-0.2, -0.15) is 5.10 Å². The lowest BCUT2D eigenvalue weighted by Gasteiger charge is -2.34. The maximum atomic E-state index is 12.0. The lowest BCUT2D eigenvalue weighted by molar-refractivity contribution is -0.150. The number of nitrogens with zero attached hydrogens (tertiary/aromatic N) is 4. The molecule has 1 fully saturated rings. The van der Waals surface area contributed by atoms with Crippen molar-refractivity contribution in [2.75, 3.05) is 26.2 Å². The van der Waals surface area contributed by atoms with Crippen molar-refractivity contribution in [2.45, 2.75) is 39.4 Å². The van der Waals surface area contributed by atoms with E-state index in [-0.39, 0.29) is 18.1 Å². The van der Waals surface area contributed by atoms with Gasteiger partial charge < -0.3 is 10.1 Å². The topological polar surface area (TPSA) is 72.3 Å². The zero-order chi connectivity index (χ0) is 14.5. The van der Waals surface area contributed by atoms with Crippen molar-refractivity contribution < 1.29 is 9.53 Å². The van der Waals surface area contributed by atoms with Gasteiger partial charge in [0, 0.05) is 25.7 Å². The van der Waals surface area contributed by atoms with Gasteiger partial charge in [0.2, 0.25) is 0 Å². The molecule has 1 saturated heterocycles. The molecule has 0 bridgehead atoms. The normalized spacial score (nSPS) is 20.3. The van der Waals surface area contributed by atoms with Crippen molar-refractivity contribution in [2.24, 2.45) is 0 Å². The average molecular weight is 281 g/mol. The third-order valence-electron chi connectivity index (χ3n) is 3.39. The van der Waals surface area contributed by atoms with Crippen LogP contribution in [0.1, 0.15) is 32.6 Å². The molecule has 1 aliphatic rings. The van der Waals surface area contributed by atoms with Gasteiger partial charge in [0.05, 0.1) is 13.2 Å². The number of hydrogen-bond acceptors (Lipinski definition) is 6. The van der Waals surface area contributed by atoms with E-state index in [1.165, 1.54) is 0 Å². The SMILES string of the molecule is CCOC(=O)C1CNCCN1Cc1ncnn1C(C)C. The first-order valence-corrected chi connectivity index (χ1v) is 7.13. The molecule has 20 heavy (non-hydrogen) atoms. The summed E-state index contributed by atoms with van der Waals surface area (Å²) in [7, 11) is 0. The van der Waals surface area contributed by atoms with Crippen LogP contribution in [0.3, 0.4) is 0 Å². The molecule has 1 atom stereocenters. The van der Waals surface area contributed by atoms with Crippen molar-refractivity contribution in [3.05, 3.63) is 12.2 Å². The summed E-state index contributed by atoms with van der Waals surface area (Å²) in [5.74, 6) is 0.714. The van der Waals surface area contributed by atoms with Crippen LogP contribution in [0.4, 0.5) is 0 Å². The Morgan fingerprint density at radius 1 is 1.60 bits per heavy atom. The zero-order valence-corrected chi connectivity index (χ0v) is 12.4. The molecule has 0 spiro atoms. The Morgan fingerprint density at radius 2 is 2.40 bits per heavy atom. The number of carbonyl (C=O) groups is 1. The highest BCUT2D eigenvalue weighted by Gasteiger charge is 2.30. The number of aromatic nitrogens is 3. The fourth-order valence-corrected chi connectivity index (χ4v) is 2.41. The van der Waals surface area contributed by atoms with Gasteiger partial charge in [-0.25, -0.2) is 9.67 Å². The van der Waals surface area contributed by atoms with Gasteiger partial charge in [0.15, 0.2) is 0 Å². The van der Waals surface area contributed by atoms with Crippen LogP contribution < -0.4 is 5.32 Å². The van der Waals surface area contributed by atoms with E-state index < -0.39 is 0 Å². The molecule has 112 valence electrons. The van der Waals surface area contributed by atoms with Gasteiger partial charge in [-0.05, 0) is 20.8 Å². The maximum Gasteiger partial charge on any atom is 0.324 e.